The van der Waals surface area contributed by atoms with Crippen molar-refractivity contribution < 1.29 is 4.79 Å². The predicted molar refractivity (Wildman–Crippen MR) is 68.3 cm³/mol. The number of carbonyl (C=O) groups excluding carboxylic acids is 1. The van der Waals surface area contributed by atoms with Crippen molar-refractivity contribution in [3.05, 3.63) is 23.5 Å². The van der Waals surface area contributed by atoms with Gasteiger partial charge in [0, 0.05) is 30.8 Å². The summed E-state index contributed by atoms with van der Waals surface area (Å²) >= 11 is 0. The van der Waals surface area contributed by atoms with Crippen molar-refractivity contribution in [1.29, 1.82) is 0 Å². The van der Waals surface area contributed by atoms with E-state index in [0.29, 0.717) is 24.7 Å². The quantitative estimate of drug-likeness (QED) is 0.723. The zero-order valence-corrected chi connectivity index (χ0v) is 10.6. The van der Waals surface area contributed by atoms with E-state index in [2.05, 4.69) is 23.8 Å². The van der Waals surface area contributed by atoms with Gasteiger partial charge in [-0.2, -0.15) is 0 Å². The van der Waals surface area contributed by atoms with Crippen LogP contribution in [0.1, 0.15) is 68.7 Å². The first kappa shape index (κ1) is 11.1. The van der Waals surface area contributed by atoms with E-state index in [9.17, 15) is 4.79 Å². The molecule has 1 fully saturated rings. The number of rotatable bonds is 1. The molecule has 0 aromatic carbocycles. The van der Waals surface area contributed by atoms with Gasteiger partial charge in [-0.05, 0) is 37.3 Å². The fraction of sp³-hybridized carbons (Fsp3) is 0.667. The molecule has 1 saturated carbocycles. The van der Waals surface area contributed by atoms with Gasteiger partial charge in [0.05, 0.1) is 0 Å². The Morgan fingerprint density at radius 3 is 2.76 bits per heavy atom. The maximum Gasteiger partial charge on any atom is 0.140 e. The van der Waals surface area contributed by atoms with Gasteiger partial charge in [-0.3, -0.25) is 4.79 Å². The summed E-state index contributed by atoms with van der Waals surface area (Å²) in [5.74, 6) is 1.14. The summed E-state index contributed by atoms with van der Waals surface area (Å²) < 4.78 is 2.34. The molecule has 92 valence electrons. The summed E-state index contributed by atoms with van der Waals surface area (Å²) in [7, 11) is 0. The van der Waals surface area contributed by atoms with E-state index in [1.807, 2.05) is 0 Å². The second kappa shape index (κ2) is 4.32. The van der Waals surface area contributed by atoms with Crippen molar-refractivity contribution in [2.45, 2.75) is 63.8 Å². The lowest BCUT2D eigenvalue weighted by atomic mass is 9.83. The molecule has 2 nitrogen and oxygen atoms in total. The Kier molecular flexibility index (Phi) is 2.81. The number of Topliss-reactive ketones (excluding diaryl/α,β-unsaturated/α-hetero) is 1. The van der Waals surface area contributed by atoms with Crippen LogP contribution in [0.5, 0.6) is 0 Å². The monoisotopic (exact) mass is 231 g/mol. The number of fused-ring (bicyclic) bond motifs is 1. The van der Waals surface area contributed by atoms with Crippen molar-refractivity contribution >= 4 is 5.78 Å². The van der Waals surface area contributed by atoms with Gasteiger partial charge in [0.2, 0.25) is 0 Å². The lowest BCUT2D eigenvalue weighted by Gasteiger charge is -2.27. The molecule has 0 N–H and O–H groups in total. The standard InChI is InChI=1S/C15H21NO/c1-11-9-13(17)10-15-14(7-8-16(11)15)12-5-3-2-4-6-12/h7-8,11-12H,2-6,9-10H2,1H3. The molecule has 2 heteroatoms. The third-order valence-electron chi connectivity index (χ3n) is 4.47. The maximum atomic E-state index is 11.8. The van der Waals surface area contributed by atoms with Gasteiger partial charge in [0.25, 0.3) is 0 Å². The Labute approximate surface area is 103 Å². The molecule has 17 heavy (non-hydrogen) atoms. The first-order valence-corrected chi connectivity index (χ1v) is 6.97. The molecular weight excluding hydrogens is 210 g/mol. The van der Waals surface area contributed by atoms with E-state index in [0.717, 1.165) is 5.92 Å². The second-order valence-electron chi connectivity index (χ2n) is 5.73. The van der Waals surface area contributed by atoms with Gasteiger partial charge < -0.3 is 4.57 Å². The third-order valence-corrected chi connectivity index (χ3v) is 4.47. The van der Waals surface area contributed by atoms with Gasteiger partial charge in [0.1, 0.15) is 5.78 Å². The molecule has 0 saturated heterocycles. The highest BCUT2D eigenvalue weighted by atomic mass is 16.1. The van der Waals surface area contributed by atoms with Crippen molar-refractivity contribution in [2.75, 3.05) is 0 Å². The van der Waals surface area contributed by atoms with Crippen LogP contribution >= 0.6 is 0 Å². The average molecular weight is 231 g/mol. The first-order valence-electron chi connectivity index (χ1n) is 6.97. The SMILES string of the molecule is CC1CC(=O)Cc2c(C3CCCCC3)ccn21. The van der Waals surface area contributed by atoms with E-state index in [4.69, 9.17) is 0 Å². The Morgan fingerprint density at radius 1 is 1.24 bits per heavy atom. The van der Waals surface area contributed by atoms with E-state index in [1.165, 1.54) is 43.4 Å². The maximum absolute atomic E-state index is 11.8. The van der Waals surface area contributed by atoms with Gasteiger partial charge in [-0.25, -0.2) is 0 Å². The molecule has 1 unspecified atom stereocenters. The fourth-order valence-corrected chi connectivity index (χ4v) is 3.57. The number of carbonyl (C=O) groups is 1. The number of hydrogen-bond acceptors (Lipinski definition) is 1. The molecule has 1 aliphatic carbocycles. The van der Waals surface area contributed by atoms with Crippen LogP contribution in [0.4, 0.5) is 0 Å². The van der Waals surface area contributed by atoms with Crippen LogP contribution in [0, 0.1) is 0 Å². The predicted octanol–water partition coefficient (Wildman–Crippen LogP) is 3.61. The highest BCUT2D eigenvalue weighted by Crippen LogP contribution is 2.37. The fourth-order valence-electron chi connectivity index (χ4n) is 3.57. The minimum Gasteiger partial charge on any atom is -0.348 e. The normalized spacial score (nSPS) is 25.9. The van der Waals surface area contributed by atoms with Crippen LogP contribution in [0.2, 0.25) is 0 Å². The van der Waals surface area contributed by atoms with E-state index in [-0.39, 0.29) is 0 Å². The molecule has 0 amide bonds. The molecule has 0 spiro atoms. The van der Waals surface area contributed by atoms with Crippen LogP contribution in [-0.2, 0) is 11.2 Å². The summed E-state index contributed by atoms with van der Waals surface area (Å²) in [4.78, 5) is 11.8. The minimum atomic E-state index is 0.364. The largest absolute Gasteiger partial charge is 0.348 e. The topological polar surface area (TPSA) is 22.0 Å². The van der Waals surface area contributed by atoms with Gasteiger partial charge >= 0.3 is 0 Å². The zero-order valence-electron chi connectivity index (χ0n) is 10.6. The highest BCUT2D eigenvalue weighted by Gasteiger charge is 2.27. The first-order chi connectivity index (χ1) is 8.25. The van der Waals surface area contributed by atoms with Crippen LogP contribution < -0.4 is 0 Å². The van der Waals surface area contributed by atoms with Crippen molar-refractivity contribution in [3.63, 3.8) is 0 Å². The summed E-state index contributed by atoms with van der Waals surface area (Å²) in [6, 6.07) is 2.64. The summed E-state index contributed by atoms with van der Waals surface area (Å²) in [5.41, 5.74) is 2.80. The Bertz CT molecular complexity index is 426. The minimum absolute atomic E-state index is 0.364. The summed E-state index contributed by atoms with van der Waals surface area (Å²) in [6.45, 7) is 2.16. The number of ketones is 1. The lowest BCUT2D eigenvalue weighted by Crippen LogP contribution is -2.23. The van der Waals surface area contributed by atoms with Gasteiger partial charge in [-0.1, -0.05) is 19.3 Å². The van der Waals surface area contributed by atoms with Gasteiger partial charge in [0.15, 0.2) is 0 Å². The number of nitrogens with zero attached hydrogens (tertiary/aromatic N) is 1. The number of hydrogen-bond donors (Lipinski definition) is 0. The third kappa shape index (κ3) is 1.94. The van der Waals surface area contributed by atoms with Gasteiger partial charge in [-0.15, -0.1) is 0 Å². The molecule has 1 aromatic rings. The molecule has 2 heterocycles. The zero-order chi connectivity index (χ0) is 11.8. The van der Waals surface area contributed by atoms with E-state index < -0.39 is 0 Å². The van der Waals surface area contributed by atoms with Crippen LogP contribution in [0.25, 0.3) is 0 Å². The number of aromatic nitrogens is 1. The Morgan fingerprint density at radius 2 is 2.00 bits per heavy atom. The molecule has 1 aliphatic heterocycles. The molecule has 0 bridgehead atoms. The molecule has 2 aliphatic rings. The summed E-state index contributed by atoms with van der Waals surface area (Å²) in [6.07, 6.45) is 10.3. The second-order valence-corrected chi connectivity index (χ2v) is 5.73. The molecule has 3 rings (SSSR count). The van der Waals surface area contributed by atoms with E-state index >= 15 is 0 Å². The lowest BCUT2D eigenvalue weighted by molar-refractivity contribution is -0.120. The van der Waals surface area contributed by atoms with Crippen molar-refractivity contribution in [2.24, 2.45) is 0 Å². The Hall–Kier alpha value is -1.05. The highest BCUT2D eigenvalue weighted by molar-refractivity contribution is 5.82. The van der Waals surface area contributed by atoms with Crippen LogP contribution in [0.15, 0.2) is 12.3 Å². The molecular formula is C15H21NO. The van der Waals surface area contributed by atoms with Crippen LogP contribution in [-0.4, -0.2) is 10.4 Å². The van der Waals surface area contributed by atoms with Crippen LogP contribution in [0.3, 0.4) is 0 Å². The smallest absolute Gasteiger partial charge is 0.140 e. The molecule has 1 aromatic heterocycles. The molecule has 0 radical (unpaired) electrons. The average Bonchev–Trinajstić information content (AvgIpc) is 2.74. The summed E-state index contributed by atoms with van der Waals surface area (Å²) in [5, 5.41) is 0. The Balaban J connectivity index is 1.93. The molecule has 1 atom stereocenters. The van der Waals surface area contributed by atoms with Crippen molar-refractivity contribution in [3.8, 4) is 0 Å². The van der Waals surface area contributed by atoms with E-state index in [1.54, 1.807) is 0 Å². The van der Waals surface area contributed by atoms with Crippen molar-refractivity contribution in [1.82, 2.24) is 4.57 Å².